The van der Waals surface area contributed by atoms with Gasteiger partial charge < -0.3 is 5.11 Å². The topological polar surface area (TPSA) is 63.8 Å². The normalized spacial score (nSPS) is 12.0. The van der Waals surface area contributed by atoms with Crippen molar-refractivity contribution >= 4 is 11.2 Å². The first-order chi connectivity index (χ1) is 26.0. The summed E-state index contributed by atoms with van der Waals surface area (Å²) in [5, 5.41) is 12.1. The lowest BCUT2D eigenvalue weighted by Crippen LogP contribution is -2.17. The highest BCUT2D eigenvalue weighted by molar-refractivity contribution is 5.96. The molecule has 0 unspecified atom stereocenters. The molecule has 1 N–H and O–H groups in total. The molecule has 0 atom stereocenters. The summed E-state index contributed by atoms with van der Waals surface area (Å²) in [6.45, 7) is 13.0. The Morgan fingerprint density at radius 2 is 1.09 bits per heavy atom. The second kappa shape index (κ2) is 13.6. The van der Waals surface area contributed by atoms with Gasteiger partial charge >= 0.3 is 0 Å². The van der Waals surface area contributed by atoms with Crippen molar-refractivity contribution in [1.82, 2.24) is 19.5 Å². The number of aromatic hydroxyl groups is 1. The van der Waals surface area contributed by atoms with E-state index in [0.717, 1.165) is 67.0 Å². The lowest BCUT2D eigenvalue weighted by atomic mass is 9.79. The molecule has 8 aromatic rings. The number of imidazole rings is 1. The molecule has 8 rings (SSSR count). The molecule has 5 nitrogen and oxygen atoms in total. The maximum Gasteiger partial charge on any atom is 0.165 e. The van der Waals surface area contributed by atoms with Gasteiger partial charge in [-0.3, -0.25) is 9.55 Å². The third kappa shape index (κ3) is 6.58. The predicted octanol–water partition coefficient (Wildman–Crippen LogP) is 12.5. The van der Waals surface area contributed by atoms with E-state index in [9.17, 15) is 5.11 Å². The number of hydrogen-bond acceptors (Lipinski definition) is 4. The van der Waals surface area contributed by atoms with E-state index in [2.05, 4.69) is 149 Å². The molecule has 266 valence electrons. The smallest absolute Gasteiger partial charge is 0.165 e. The van der Waals surface area contributed by atoms with Crippen molar-refractivity contribution in [3.8, 4) is 67.5 Å². The number of benzene rings is 5. The number of para-hydroxylation sites is 1. The van der Waals surface area contributed by atoms with E-state index in [0.29, 0.717) is 17.0 Å². The van der Waals surface area contributed by atoms with E-state index in [4.69, 9.17) is 15.0 Å². The van der Waals surface area contributed by atoms with Crippen LogP contribution in [0.1, 0.15) is 52.7 Å². The molecular formula is C49H44N4O. The average Bonchev–Trinajstić information content (AvgIpc) is 3.57. The lowest BCUT2D eigenvalue weighted by molar-refractivity contribution is 0.446. The Morgan fingerprint density at radius 1 is 0.500 bits per heavy atom. The van der Waals surface area contributed by atoms with Gasteiger partial charge in [-0.1, -0.05) is 126 Å². The van der Waals surface area contributed by atoms with Gasteiger partial charge in [0.15, 0.2) is 11.5 Å². The Morgan fingerprint density at radius 3 is 1.74 bits per heavy atom. The number of aromatic nitrogens is 4. The highest BCUT2D eigenvalue weighted by atomic mass is 16.3. The minimum atomic E-state index is -0.298. The van der Waals surface area contributed by atoms with Crippen molar-refractivity contribution in [2.45, 2.75) is 52.4 Å². The van der Waals surface area contributed by atoms with Crippen LogP contribution in [0.4, 0.5) is 0 Å². The number of hydrogen-bond donors (Lipinski definition) is 1. The Balaban J connectivity index is 1.40. The number of pyridine rings is 2. The van der Waals surface area contributed by atoms with Crippen LogP contribution in [0.15, 0.2) is 152 Å². The van der Waals surface area contributed by atoms with Crippen LogP contribution in [0.2, 0.25) is 0 Å². The number of phenolic OH excluding ortho intramolecular Hbond substituents is 1. The van der Waals surface area contributed by atoms with Gasteiger partial charge in [0, 0.05) is 34.8 Å². The first-order valence-corrected chi connectivity index (χ1v) is 18.5. The molecule has 0 saturated carbocycles. The van der Waals surface area contributed by atoms with Crippen molar-refractivity contribution in [3.05, 3.63) is 163 Å². The first kappa shape index (κ1) is 34.7. The molecule has 0 aliphatic carbocycles. The SMILES string of the molecule is CC(C)(C)c1cc(-c2nc3c(-c4cc(-c5ccccc5)cc(-c5cc(-c6ccccc6)ccn5)c4)ccnc3n2-c2ccccc2)c(O)c(C(C)(C)C)c1. The lowest BCUT2D eigenvalue weighted by Gasteiger charge is -2.27. The van der Waals surface area contributed by atoms with Crippen molar-refractivity contribution < 1.29 is 5.11 Å². The van der Waals surface area contributed by atoms with Crippen LogP contribution in [-0.2, 0) is 10.8 Å². The number of rotatable bonds is 6. The Bertz CT molecular complexity index is 2610. The molecule has 0 saturated heterocycles. The summed E-state index contributed by atoms with van der Waals surface area (Å²) < 4.78 is 2.08. The third-order valence-electron chi connectivity index (χ3n) is 10.1. The van der Waals surface area contributed by atoms with E-state index in [-0.39, 0.29) is 16.6 Å². The molecular weight excluding hydrogens is 661 g/mol. The fraction of sp³-hybridized carbons (Fsp3) is 0.163. The minimum Gasteiger partial charge on any atom is -0.507 e. The van der Waals surface area contributed by atoms with E-state index < -0.39 is 0 Å². The van der Waals surface area contributed by atoms with Crippen molar-refractivity contribution in [3.63, 3.8) is 0 Å². The molecule has 0 amide bonds. The first-order valence-electron chi connectivity index (χ1n) is 18.5. The van der Waals surface area contributed by atoms with Gasteiger partial charge in [-0.25, -0.2) is 9.97 Å². The van der Waals surface area contributed by atoms with Crippen LogP contribution < -0.4 is 0 Å². The summed E-state index contributed by atoms with van der Waals surface area (Å²) >= 11 is 0. The molecule has 0 spiro atoms. The second-order valence-corrected chi connectivity index (χ2v) is 16.0. The summed E-state index contributed by atoms with van der Waals surface area (Å²) in [4.78, 5) is 15.3. The van der Waals surface area contributed by atoms with Gasteiger partial charge in [-0.15, -0.1) is 0 Å². The Hall–Kier alpha value is -6.33. The minimum absolute atomic E-state index is 0.157. The van der Waals surface area contributed by atoms with Crippen LogP contribution in [-0.4, -0.2) is 24.6 Å². The molecule has 0 bridgehead atoms. The van der Waals surface area contributed by atoms with E-state index in [1.807, 2.05) is 48.8 Å². The molecule has 0 aliphatic heterocycles. The van der Waals surface area contributed by atoms with Crippen molar-refractivity contribution in [2.24, 2.45) is 0 Å². The van der Waals surface area contributed by atoms with Gasteiger partial charge in [0.2, 0.25) is 0 Å². The standard InChI is InChI=1S/C49H44N4O/c1-48(2,3)38-30-41(45(54)42(31-38)49(4,5)6)46-52-44-40(23-25-51-47(44)53(46)39-20-14-9-15-21-39)36-26-35(33-18-12-8-13-19-33)27-37(28-36)43-29-34(22-24-50-43)32-16-10-7-11-17-32/h7-31,54H,1-6H3. The van der Waals surface area contributed by atoms with Gasteiger partial charge in [0.1, 0.15) is 11.3 Å². The van der Waals surface area contributed by atoms with Gasteiger partial charge in [0.25, 0.3) is 0 Å². The second-order valence-electron chi connectivity index (χ2n) is 16.0. The zero-order chi connectivity index (χ0) is 37.6. The molecule has 0 fully saturated rings. The zero-order valence-corrected chi connectivity index (χ0v) is 31.7. The average molecular weight is 705 g/mol. The molecule has 3 aromatic heterocycles. The maximum atomic E-state index is 12.1. The summed E-state index contributed by atoms with van der Waals surface area (Å²) in [5.74, 6) is 0.879. The van der Waals surface area contributed by atoms with E-state index >= 15 is 0 Å². The Labute approximate surface area is 317 Å². The zero-order valence-electron chi connectivity index (χ0n) is 31.7. The third-order valence-corrected chi connectivity index (χ3v) is 10.1. The van der Waals surface area contributed by atoms with Crippen LogP contribution >= 0.6 is 0 Å². The summed E-state index contributed by atoms with van der Waals surface area (Å²) in [7, 11) is 0. The molecule has 0 radical (unpaired) electrons. The number of fused-ring (bicyclic) bond motifs is 1. The van der Waals surface area contributed by atoms with E-state index in [1.165, 1.54) is 0 Å². The van der Waals surface area contributed by atoms with E-state index in [1.54, 1.807) is 0 Å². The molecule has 5 aromatic carbocycles. The van der Waals surface area contributed by atoms with Crippen LogP contribution in [0.5, 0.6) is 5.75 Å². The monoisotopic (exact) mass is 704 g/mol. The van der Waals surface area contributed by atoms with Gasteiger partial charge in [-0.2, -0.15) is 0 Å². The largest absolute Gasteiger partial charge is 0.507 e. The molecule has 0 aliphatic rings. The summed E-state index contributed by atoms with van der Waals surface area (Å²) in [5.41, 5.74) is 12.9. The van der Waals surface area contributed by atoms with Crippen LogP contribution in [0.25, 0.3) is 72.9 Å². The van der Waals surface area contributed by atoms with Crippen LogP contribution in [0, 0.1) is 0 Å². The Kier molecular flexibility index (Phi) is 8.74. The van der Waals surface area contributed by atoms with Gasteiger partial charge in [-0.05, 0) is 98.8 Å². The highest BCUT2D eigenvalue weighted by Crippen LogP contribution is 2.44. The van der Waals surface area contributed by atoms with Gasteiger partial charge in [0.05, 0.1) is 11.3 Å². The quantitative estimate of drug-likeness (QED) is 0.187. The van der Waals surface area contributed by atoms with Crippen molar-refractivity contribution in [2.75, 3.05) is 0 Å². The van der Waals surface area contributed by atoms with Crippen LogP contribution in [0.3, 0.4) is 0 Å². The summed E-state index contributed by atoms with van der Waals surface area (Å²) in [6, 6.07) is 48.2. The maximum absolute atomic E-state index is 12.1. The highest BCUT2D eigenvalue weighted by Gasteiger charge is 2.29. The van der Waals surface area contributed by atoms with Crippen molar-refractivity contribution in [1.29, 1.82) is 0 Å². The summed E-state index contributed by atoms with van der Waals surface area (Å²) in [6.07, 6.45) is 3.74. The molecule has 54 heavy (non-hydrogen) atoms. The fourth-order valence-electron chi connectivity index (χ4n) is 7.14. The number of phenols is 1. The number of nitrogens with zero attached hydrogens (tertiary/aromatic N) is 4. The molecule has 5 heteroatoms. The predicted molar refractivity (Wildman–Crippen MR) is 223 cm³/mol. The molecule has 3 heterocycles. The fourth-order valence-corrected chi connectivity index (χ4v) is 7.14.